The number of amides is 2. The molecule has 2 aliphatic heterocycles. The van der Waals surface area contributed by atoms with Gasteiger partial charge in [-0.25, -0.2) is 4.99 Å². The van der Waals surface area contributed by atoms with Gasteiger partial charge >= 0.3 is 0 Å². The molecule has 0 spiro atoms. The molecule has 3 rings (SSSR count). The molecule has 2 unspecified atom stereocenters. The lowest BCUT2D eigenvalue weighted by Crippen LogP contribution is -2.45. The minimum absolute atomic E-state index is 0.0397. The zero-order chi connectivity index (χ0) is 21.0. The quantitative estimate of drug-likeness (QED) is 0.664. The van der Waals surface area contributed by atoms with E-state index in [1.165, 1.54) is 0 Å². The Kier molecular flexibility index (Phi) is 7.01. The molecular weight excluding hydrogens is 364 g/mol. The molecule has 29 heavy (non-hydrogen) atoms. The number of carbonyl (C=O) groups is 2. The Balaban J connectivity index is 1.42. The molecule has 0 aromatic carbocycles. The molecule has 1 aliphatic carbocycles. The van der Waals surface area contributed by atoms with Crippen LogP contribution in [0.1, 0.15) is 72.1 Å². The van der Waals surface area contributed by atoms with Crippen LogP contribution in [0, 0.1) is 17.8 Å². The summed E-state index contributed by atoms with van der Waals surface area (Å²) in [5.41, 5.74) is 5.38. The Morgan fingerprint density at radius 1 is 1.24 bits per heavy atom. The van der Waals surface area contributed by atoms with E-state index in [1.807, 2.05) is 11.8 Å². The Bertz CT molecular complexity index is 664. The first-order chi connectivity index (χ1) is 13.8. The van der Waals surface area contributed by atoms with Crippen molar-refractivity contribution >= 4 is 17.8 Å². The Hall–Kier alpha value is -1.85. The highest BCUT2D eigenvalue weighted by Crippen LogP contribution is 2.30. The Labute approximate surface area is 175 Å². The van der Waals surface area contributed by atoms with Crippen molar-refractivity contribution in [3.63, 3.8) is 0 Å². The molecule has 6 heteroatoms. The van der Waals surface area contributed by atoms with Gasteiger partial charge in [0.1, 0.15) is 5.54 Å². The number of hydrogen-bond acceptors (Lipinski definition) is 4. The van der Waals surface area contributed by atoms with Crippen LogP contribution in [-0.2, 0) is 9.59 Å². The lowest BCUT2D eigenvalue weighted by atomic mass is 9.89. The van der Waals surface area contributed by atoms with Gasteiger partial charge in [0.25, 0.3) is 5.91 Å². The van der Waals surface area contributed by atoms with Gasteiger partial charge in [0.05, 0.1) is 0 Å². The predicted molar refractivity (Wildman–Crippen MR) is 116 cm³/mol. The SMILES string of the molecule is CC(C)CC1(C)N=C(N)N(CCC2CCN(C(=O)CC3CC=CCC3)CC2)C1=O. The van der Waals surface area contributed by atoms with Crippen LogP contribution in [0.15, 0.2) is 17.1 Å². The summed E-state index contributed by atoms with van der Waals surface area (Å²) in [6.45, 7) is 8.42. The third-order valence-corrected chi connectivity index (χ3v) is 6.72. The smallest absolute Gasteiger partial charge is 0.257 e. The van der Waals surface area contributed by atoms with E-state index >= 15 is 0 Å². The van der Waals surface area contributed by atoms with Crippen LogP contribution in [0.25, 0.3) is 0 Å². The fourth-order valence-electron chi connectivity index (χ4n) is 5.10. The topological polar surface area (TPSA) is 79.0 Å². The summed E-state index contributed by atoms with van der Waals surface area (Å²) < 4.78 is 0. The fraction of sp³-hybridized carbons (Fsp3) is 0.783. The van der Waals surface area contributed by atoms with Crippen molar-refractivity contribution in [2.45, 2.75) is 77.7 Å². The monoisotopic (exact) mass is 402 g/mol. The van der Waals surface area contributed by atoms with Crippen molar-refractivity contribution in [1.29, 1.82) is 0 Å². The molecule has 0 radical (unpaired) electrons. The second kappa shape index (κ2) is 9.31. The highest BCUT2D eigenvalue weighted by molar-refractivity contribution is 6.06. The molecule has 2 heterocycles. The zero-order valence-corrected chi connectivity index (χ0v) is 18.4. The highest BCUT2D eigenvalue weighted by Gasteiger charge is 2.44. The van der Waals surface area contributed by atoms with E-state index in [-0.39, 0.29) is 5.91 Å². The molecule has 0 saturated carbocycles. The number of rotatable bonds is 7. The number of guanidine groups is 1. The van der Waals surface area contributed by atoms with Gasteiger partial charge in [-0.2, -0.15) is 0 Å². The van der Waals surface area contributed by atoms with Crippen LogP contribution >= 0.6 is 0 Å². The van der Waals surface area contributed by atoms with E-state index in [9.17, 15) is 9.59 Å². The number of piperidine rings is 1. The van der Waals surface area contributed by atoms with Gasteiger partial charge in [0, 0.05) is 26.1 Å². The van der Waals surface area contributed by atoms with Crippen molar-refractivity contribution < 1.29 is 9.59 Å². The van der Waals surface area contributed by atoms with Crippen molar-refractivity contribution in [1.82, 2.24) is 9.80 Å². The van der Waals surface area contributed by atoms with Crippen molar-refractivity contribution in [3.8, 4) is 0 Å². The molecule has 0 aromatic heterocycles. The molecule has 2 N–H and O–H groups in total. The minimum Gasteiger partial charge on any atom is -0.369 e. The maximum atomic E-state index is 12.9. The lowest BCUT2D eigenvalue weighted by Gasteiger charge is -2.34. The van der Waals surface area contributed by atoms with Gasteiger partial charge in [-0.15, -0.1) is 0 Å². The van der Waals surface area contributed by atoms with E-state index in [1.54, 1.807) is 4.90 Å². The van der Waals surface area contributed by atoms with Crippen LogP contribution < -0.4 is 5.73 Å². The van der Waals surface area contributed by atoms with Crippen LogP contribution in [0.2, 0.25) is 0 Å². The van der Waals surface area contributed by atoms with E-state index in [2.05, 4.69) is 31.0 Å². The standard InChI is InChI=1S/C23H38N4O2/c1-17(2)16-23(3)21(29)27(22(24)25-23)14-11-18-9-12-26(13-10-18)20(28)15-19-7-5-4-6-8-19/h4-5,17-19H,6-16H2,1-3H3,(H2,24,25). The summed E-state index contributed by atoms with van der Waals surface area (Å²) in [6, 6.07) is 0. The van der Waals surface area contributed by atoms with Crippen LogP contribution in [-0.4, -0.2) is 52.7 Å². The minimum atomic E-state index is -0.706. The number of allylic oxidation sites excluding steroid dienone is 2. The highest BCUT2D eigenvalue weighted by atomic mass is 16.2. The van der Waals surface area contributed by atoms with Gasteiger partial charge in [0.2, 0.25) is 5.91 Å². The largest absolute Gasteiger partial charge is 0.369 e. The van der Waals surface area contributed by atoms with Gasteiger partial charge in [-0.1, -0.05) is 26.0 Å². The average Bonchev–Trinajstić information content (AvgIpc) is 2.88. The number of carbonyl (C=O) groups excluding carboxylic acids is 2. The Morgan fingerprint density at radius 2 is 1.97 bits per heavy atom. The summed E-state index contributed by atoms with van der Waals surface area (Å²) in [5.74, 6) is 2.18. The zero-order valence-electron chi connectivity index (χ0n) is 18.4. The second-order valence-electron chi connectivity index (χ2n) is 9.77. The van der Waals surface area contributed by atoms with E-state index < -0.39 is 5.54 Å². The number of likely N-dealkylation sites (tertiary alicyclic amines) is 1. The maximum Gasteiger partial charge on any atom is 0.257 e. The number of nitrogens with zero attached hydrogens (tertiary/aromatic N) is 3. The summed E-state index contributed by atoms with van der Waals surface area (Å²) in [6.07, 6.45) is 12.1. The molecule has 3 aliphatic rings. The molecule has 0 aromatic rings. The van der Waals surface area contributed by atoms with E-state index in [0.717, 1.165) is 58.0 Å². The molecule has 2 amide bonds. The number of nitrogens with two attached hydrogens (primary N) is 1. The number of aliphatic imine (C=N–C) groups is 1. The predicted octanol–water partition coefficient (Wildman–Crippen LogP) is 3.32. The third kappa shape index (κ3) is 5.40. The molecule has 6 nitrogen and oxygen atoms in total. The summed E-state index contributed by atoms with van der Waals surface area (Å²) in [4.78, 5) is 33.7. The van der Waals surface area contributed by atoms with Crippen LogP contribution in [0.3, 0.4) is 0 Å². The summed E-state index contributed by atoms with van der Waals surface area (Å²) in [5, 5.41) is 0. The Morgan fingerprint density at radius 3 is 2.59 bits per heavy atom. The van der Waals surface area contributed by atoms with Crippen LogP contribution in [0.5, 0.6) is 0 Å². The fourth-order valence-corrected chi connectivity index (χ4v) is 5.10. The molecule has 1 fully saturated rings. The first-order valence-electron chi connectivity index (χ1n) is 11.4. The van der Waals surface area contributed by atoms with Crippen molar-refractivity contribution in [3.05, 3.63) is 12.2 Å². The van der Waals surface area contributed by atoms with E-state index in [0.29, 0.717) is 42.6 Å². The first kappa shape index (κ1) is 21.8. The molecule has 0 bridgehead atoms. The average molecular weight is 403 g/mol. The van der Waals surface area contributed by atoms with Gasteiger partial charge in [0.15, 0.2) is 5.96 Å². The summed E-state index contributed by atoms with van der Waals surface area (Å²) >= 11 is 0. The third-order valence-electron chi connectivity index (χ3n) is 6.72. The summed E-state index contributed by atoms with van der Waals surface area (Å²) in [7, 11) is 0. The molecular formula is C23H38N4O2. The number of hydrogen-bond donors (Lipinski definition) is 1. The van der Waals surface area contributed by atoms with Crippen molar-refractivity contribution in [2.75, 3.05) is 19.6 Å². The second-order valence-corrected chi connectivity index (χ2v) is 9.77. The maximum absolute atomic E-state index is 12.9. The van der Waals surface area contributed by atoms with Gasteiger partial charge in [-0.05, 0) is 69.6 Å². The van der Waals surface area contributed by atoms with Gasteiger partial charge in [-0.3, -0.25) is 14.5 Å². The first-order valence-corrected chi connectivity index (χ1v) is 11.4. The van der Waals surface area contributed by atoms with Crippen LogP contribution in [0.4, 0.5) is 0 Å². The van der Waals surface area contributed by atoms with Crippen molar-refractivity contribution in [2.24, 2.45) is 28.5 Å². The normalized spacial score (nSPS) is 28.3. The van der Waals surface area contributed by atoms with Gasteiger partial charge < -0.3 is 10.6 Å². The molecule has 2 atom stereocenters. The van der Waals surface area contributed by atoms with E-state index in [4.69, 9.17) is 5.73 Å². The lowest BCUT2D eigenvalue weighted by molar-refractivity contribution is -0.133. The molecule has 162 valence electrons. The molecule has 1 saturated heterocycles.